The SMILES string of the molecule is CC(C)Oc1ccc(NC(=NCc2nnc3n2CCCCC3)NCCc2ccco2)cc1. The van der Waals surface area contributed by atoms with E-state index in [-0.39, 0.29) is 6.10 Å². The lowest BCUT2D eigenvalue weighted by molar-refractivity contribution is 0.242. The van der Waals surface area contributed by atoms with Gasteiger partial charge in [-0.2, -0.15) is 0 Å². The van der Waals surface area contributed by atoms with Gasteiger partial charge in [-0.3, -0.25) is 0 Å². The van der Waals surface area contributed by atoms with Crippen molar-refractivity contribution >= 4 is 11.6 Å². The first kappa shape index (κ1) is 21.9. The minimum atomic E-state index is 0.146. The Morgan fingerprint density at radius 3 is 2.81 bits per heavy atom. The van der Waals surface area contributed by atoms with Crippen LogP contribution in [-0.2, 0) is 25.9 Å². The molecule has 3 heterocycles. The molecule has 0 unspecified atom stereocenters. The van der Waals surface area contributed by atoms with E-state index in [1.807, 2.05) is 50.2 Å². The zero-order valence-corrected chi connectivity index (χ0v) is 18.9. The number of benzene rings is 1. The summed E-state index contributed by atoms with van der Waals surface area (Å²) in [5.41, 5.74) is 0.936. The van der Waals surface area contributed by atoms with Crippen LogP contribution in [0.5, 0.6) is 5.75 Å². The van der Waals surface area contributed by atoms with Crippen LogP contribution in [0.3, 0.4) is 0 Å². The molecule has 1 aromatic carbocycles. The van der Waals surface area contributed by atoms with Crippen LogP contribution in [0.15, 0.2) is 52.1 Å². The van der Waals surface area contributed by atoms with E-state index >= 15 is 0 Å². The molecule has 32 heavy (non-hydrogen) atoms. The molecule has 0 spiro atoms. The molecular weight excluding hydrogens is 404 g/mol. The largest absolute Gasteiger partial charge is 0.491 e. The quantitative estimate of drug-likeness (QED) is 0.407. The zero-order chi connectivity index (χ0) is 22.2. The van der Waals surface area contributed by atoms with Gasteiger partial charge in [0.1, 0.15) is 23.9 Å². The monoisotopic (exact) mass is 436 g/mol. The van der Waals surface area contributed by atoms with Crippen molar-refractivity contribution in [2.24, 2.45) is 4.99 Å². The van der Waals surface area contributed by atoms with Crippen molar-refractivity contribution in [2.75, 3.05) is 11.9 Å². The van der Waals surface area contributed by atoms with Crippen LogP contribution in [0.1, 0.15) is 50.5 Å². The third-order valence-corrected chi connectivity index (χ3v) is 5.30. The molecule has 1 aliphatic heterocycles. The van der Waals surface area contributed by atoms with Gasteiger partial charge in [-0.25, -0.2) is 4.99 Å². The molecule has 0 bridgehead atoms. The molecule has 2 aromatic heterocycles. The van der Waals surface area contributed by atoms with Gasteiger partial charge < -0.3 is 24.4 Å². The summed E-state index contributed by atoms with van der Waals surface area (Å²) in [5.74, 6) is 4.47. The van der Waals surface area contributed by atoms with E-state index in [0.29, 0.717) is 19.0 Å². The van der Waals surface area contributed by atoms with Gasteiger partial charge >= 0.3 is 0 Å². The lowest BCUT2D eigenvalue weighted by atomic mass is 10.2. The Hall–Kier alpha value is -3.29. The van der Waals surface area contributed by atoms with E-state index in [0.717, 1.165) is 48.2 Å². The fraction of sp³-hybridized carbons (Fsp3) is 0.458. The van der Waals surface area contributed by atoms with Crippen LogP contribution in [0, 0.1) is 0 Å². The summed E-state index contributed by atoms with van der Waals surface area (Å²) in [6, 6.07) is 11.8. The molecule has 8 heteroatoms. The number of aryl methyl sites for hydroxylation is 1. The molecular formula is C24H32N6O2. The third-order valence-electron chi connectivity index (χ3n) is 5.30. The Labute approximate surface area is 189 Å². The zero-order valence-electron chi connectivity index (χ0n) is 18.9. The molecule has 1 aliphatic rings. The van der Waals surface area contributed by atoms with E-state index in [1.165, 1.54) is 19.3 Å². The number of nitrogens with one attached hydrogen (secondary N) is 2. The number of furan rings is 1. The van der Waals surface area contributed by atoms with E-state index in [9.17, 15) is 0 Å². The Balaban J connectivity index is 1.44. The fourth-order valence-electron chi connectivity index (χ4n) is 3.74. The van der Waals surface area contributed by atoms with Crippen molar-refractivity contribution in [1.29, 1.82) is 0 Å². The van der Waals surface area contributed by atoms with Crippen molar-refractivity contribution < 1.29 is 9.15 Å². The van der Waals surface area contributed by atoms with Gasteiger partial charge in [-0.05, 0) is 63.1 Å². The summed E-state index contributed by atoms with van der Waals surface area (Å²) in [7, 11) is 0. The minimum Gasteiger partial charge on any atom is -0.491 e. The van der Waals surface area contributed by atoms with Crippen LogP contribution < -0.4 is 15.4 Å². The highest BCUT2D eigenvalue weighted by molar-refractivity contribution is 5.93. The first-order chi connectivity index (χ1) is 15.7. The summed E-state index contributed by atoms with van der Waals surface area (Å²) in [4.78, 5) is 4.80. The van der Waals surface area contributed by atoms with Crippen molar-refractivity contribution in [3.05, 3.63) is 60.1 Å². The van der Waals surface area contributed by atoms with Gasteiger partial charge in [0.25, 0.3) is 0 Å². The number of aromatic nitrogens is 3. The predicted octanol–water partition coefficient (Wildman–Crippen LogP) is 4.19. The lowest BCUT2D eigenvalue weighted by Gasteiger charge is -2.14. The molecule has 3 aromatic rings. The summed E-state index contributed by atoms with van der Waals surface area (Å²) < 4.78 is 13.4. The first-order valence-electron chi connectivity index (χ1n) is 11.4. The molecule has 170 valence electrons. The second-order valence-electron chi connectivity index (χ2n) is 8.23. The number of ether oxygens (including phenoxy) is 1. The van der Waals surface area contributed by atoms with Crippen molar-refractivity contribution in [1.82, 2.24) is 20.1 Å². The number of aliphatic imine (C=N–C) groups is 1. The second-order valence-corrected chi connectivity index (χ2v) is 8.23. The fourth-order valence-corrected chi connectivity index (χ4v) is 3.74. The summed E-state index contributed by atoms with van der Waals surface area (Å²) in [6.45, 7) is 6.18. The van der Waals surface area contributed by atoms with Gasteiger partial charge in [0.2, 0.25) is 0 Å². The number of nitrogens with zero attached hydrogens (tertiary/aromatic N) is 4. The van der Waals surface area contributed by atoms with E-state index in [2.05, 4.69) is 25.4 Å². The smallest absolute Gasteiger partial charge is 0.196 e. The number of hydrogen-bond acceptors (Lipinski definition) is 5. The normalized spacial score (nSPS) is 14.2. The van der Waals surface area contributed by atoms with Crippen molar-refractivity contribution in [3.63, 3.8) is 0 Å². The van der Waals surface area contributed by atoms with Gasteiger partial charge in [0, 0.05) is 31.6 Å². The molecule has 0 aliphatic carbocycles. The lowest BCUT2D eigenvalue weighted by Crippen LogP contribution is -2.32. The van der Waals surface area contributed by atoms with Crippen LogP contribution >= 0.6 is 0 Å². The summed E-state index contributed by atoms with van der Waals surface area (Å²) in [6.07, 6.45) is 7.19. The summed E-state index contributed by atoms with van der Waals surface area (Å²) in [5, 5.41) is 15.6. The minimum absolute atomic E-state index is 0.146. The first-order valence-corrected chi connectivity index (χ1v) is 11.4. The number of guanidine groups is 1. The van der Waals surface area contributed by atoms with Gasteiger partial charge in [0.05, 0.1) is 12.4 Å². The van der Waals surface area contributed by atoms with Crippen molar-refractivity contribution in [3.8, 4) is 5.75 Å². The predicted molar refractivity (Wildman–Crippen MR) is 125 cm³/mol. The molecule has 0 amide bonds. The number of fused-ring (bicyclic) bond motifs is 1. The molecule has 4 rings (SSSR count). The maximum absolute atomic E-state index is 5.74. The Kier molecular flexibility index (Phi) is 7.42. The number of hydrogen-bond donors (Lipinski definition) is 2. The second kappa shape index (κ2) is 10.8. The van der Waals surface area contributed by atoms with E-state index in [1.54, 1.807) is 6.26 Å². The van der Waals surface area contributed by atoms with Gasteiger partial charge in [-0.1, -0.05) is 6.42 Å². The molecule has 0 saturated carbocycles. The van der Waals surface area contributed by atoms with Crippen LogP contribution in [0.25, 0.3) is 0 Å². The van der Waals surface area contributed by atoms with Crippen molar-refractivity contribution in [2.45, 2.75) is 65.1 Å². The van der Waals surface area contributed by atoms with E-state index in [4.69, 9.17) is 14.1 Å². The maximum atomic E-state index is 5.74. The average Bonchev–Trinajstić information content (AvgIpc) is 3.37. The highest BCUT2D eigenvalue weighted by atomic mass is 16.5. The molecule has 0 radical (unpaired) electrons. The Morgan fingerprint density at radius 2 is 2.03 bits per heavy atom. The topological polar surface area (TPSA) is 89.5 Å². The van der Waals surface area contributed by atoms with Gasteiger partial charge in [-0.15, -0.1) is 10.2 Å². The van der Waals surface area contributed by atoms with Crippen LogP contribution in [0.4, 0.5) is 5.69 Å². The van der Waals surface area contributed by atoms with Crippen LogP contribution in [0.2, 0.25) is 0 Å². The maximum Gasteiger partial charge on any atom is 0.196 e. The molecule has 0 fully saturated rings. The van der Waals surface area contributed by atoms with Crippen LogP contribution in [-0.4, -0.2) is 33.4 Å². The standard InChI is InChI=1S/C24H32N6O2/c1-18(2)32-21-11-9-19(10-12-21)27-24(25-14-13-20-7-6-16-31-20)26-17-23-29-28-22-8-4-3-5-15-30(22)23/h6-7,9-12,16,18H,3-5,8,13-15,17H2,1-2H3,(H2,25,26,27). The Morgan fingerprint density at radius 1 is 1.16 bits per heavy atom. The van der Waals surface area contributed by atoms with E-state index < -0.39 is 0 Å². The highest BCUT2D eigenvalue weighted by Crippen LogP contribution is 2.18. The number of rotatable bonds is 8. The summed E-state index contributed by atoms with van der Waals surface area (Å²) >= 11 is 0. The molecule has 0 atom stereocenters. The number of anilines is 1. The Bertz CT molecular complexity index is 992. The van der Waals surface area contributed by atoms with Gasteiger partial charge in [0.15, 0.2) is 11.8 Å². The third kappa shape index (κ3) is 6.12. The molecule has 0 saturated heterocycles. The highest BCUT2D eigenvalue weighted by Gasteiger charge is 2.14. The average molecular weight is 437 g/mol. The molecule has 2 N–H and O–H groups in total. The molecule has 8 nitrogen and oxygen atoms in total.